The molecule has 0 fully saturated rings. The maximum absolute atomic E-state index is 13.3. The lowest BCUT2D eigenvalue weighted by molar-refractivity contribution is -0.148. The van der Waals surface area contributed by atoms with Crippen LogP contribution in [0.2, 0.25) is 0 Å². The summed E-state index contributed by atoms with van der Waals surface area (Å²) in [5.74, 6) is -0.903. The van der Waals surface area contributed by atoms with Crippen molar-refractivity contribution in [1.82, 2.24) is 5.09 Å². The van der Waals surface area contributed by atoms with Gasteiger partial charge in [-0.2, -0.15) is 0 Å². The number of hydrogen-bond acceptors (Lipinski definition) is 7. The summed E-state index contributed by atoms with van der Waals surface area (Å²) in [5, 5.41) is 3.20. The smallest absolute Gasteiger partial charge is 0.323 e. The zero-order valence-electron chi connectivity index (χ0n) is 22.8. The zero-order valence-corrected chi connectivity index (χ0v) is 23.7. The van der Waals surface area contributed by atoms with Crippen LogP contribution < -0.4 is 5.09 Å². The fourth-order valence-electron chi connectivity index (χ4n) is 3.79. The lowest BCUT2D eigenvalue weighted by Crippen LogP contribution is -2.36. The van der Waals surface area contributed by atoms with Crippen molar-refractivity contribution in [2.24, 2.45) is 0 Å². The van der Waals surface area contributed by atoms with E-state index in [2.05, 4.69) is 5.09 Å². The van der Waals surface area contributed by atoms with Crippen LogP contribution in [-0.4, -0.2) is 18.0 Å². The molecule has 0 saturated carbocycles. The van der Waals surface area contributed by atoms with Crippen molar-refractivity contribution in [1.29, 1.82) is 0 Å². The molecular formula is C33H34NO6P. The van der Waals surface area contributed by atoms with E-state index in [1.54, 1.807) is 0 Å². The molecule has 4 aromatic rings. The molecule has 0 radical (unpaired) electrons. The van der Waals surface area contributed by atoms with Gasteiger partial charge in [0.1, 0.15) is 19.3 Å². The monoisotopic (exact) mass is 571 g/mol. The van der Waals surface area contributed by atoms with Gasteiger partial charge in [0.25, 0.3) is 8.53 Å². The first-order valence-electron chi connectivity index (χ1n) is 13.5. The van der Waals surface area contributed by atoms with E-state index < -0.39 is 26.5 Å². The molecule has 0 amide bonds. The summed E-state index contributed by atoms with van der Waals surface area (Å²) in [7, 11) is -1.72. The molecule has 41 heavy (non-hydrogen) atoms. The number of esters is 2. The maximum atomic E-state index is 13.3. The molecule has 1 atom stereocenters. The Morgan fingerprint density at radius 2 is 0.951 bits per heavy atom. The summed E-state index contributed by atoms with van der Waals surface area (Å²) in [4.78, 5) is 25.8. The van der Waals surface area contributed by atoms with Crippen LogP contribution in [-0.2, 0) is 54.5 Å². The Labute approximate surface area is 242 Å². The molecule has 0 aromatic heterocycles. The summed E-state index contributed by atoms with van der Waals surface area (Å²) in [6, 6.07) is 37.5. The maximum Gasteiger partial charge on any atom is 0.323 e. The summed E-state index contributed by atoms with van der Waals surface area (Å²) < 4.78 is 23.3. The summed E-state index contributed by atoms with van der Waals surface area (Å²) in [5.41, 5.74) is 3.70. The first-order chi connectivity index (χ1) is 20.2. The van der Waals surface area contributed by atoms with Crippen LogP contribution in [0, 0.1) is 0 Å². The number of hydrogen-bond donors (Lipinski definition) is 1. The molecule has 0 heterocycles. The Balaban J connectivity index is 1.41. The minimum Gasteiger partial charge on any atom is -0.461 e. The number of benzene rings is 4. The highest BCUT2D eigenvalue weighted by Gasteiger charge is 2.27. The summed E-state index contributed by atoms with van der Waals surface area (Å²) in [6.45, 7) is 0.867. The number of nitrogens with one attached hydrogen (secondary N) is 1. The minimum absolute atomic E-state index is 0.0193. The molecule has 0 spiro atoms. The average molecular weight is 572 g/mol. The van der Waals surface area contributed by atoms with E-state index in [-0.39, 0.29) is 26.1 Å². The number of carbonyl (C=O) groups is 2. The first-order valence-corrected chi connectivity index (χ1v) is 14.6. The molecule has 0 bridgehead atoms. The van der Waals surface area contributed by atoms with Gasteiger partial charge in [-0.1, -0.05) is 121 Å². The van der Waals surface area contributed by atoms with Gasteiger partial charge in [-0.15, -0.1) is 0 Å². The molecule has 8 heteroatoms. The van der Waals surface area contributed by atoms with E-state index in [9.17, 15) is 9.59 Å². The van der Waals surface area contributed by atoms with E-state index in [4.69, 9.17) is 18.5 Å². The van der Waals surface area contributed by atoms with Crippen LogP contribution in [0.3, 0.4) is 0 Å². The molecule has 4 aromatic carbocycles. The predicted octanol–water partition coefficient (Wildman–Crippen LogP) is 6.87. The highest BCUT2D eigenvalue weighted by molar-refractivity contribution is 7.45. The predicted molar refractivity (Wildman–Crippen MR) is 158 cm³/mol. The van der Waals surface area contributed by atoms with Crippen LogP contribution in [0.1, 0.15) is 35.1 Å². The molecular weight excluding hydrogens is 537 g/mol. The fraction of sp³-hybridized carbons (Fsp3) is 0.212. The Bertz CT molecular complexity index is 1270. The van der Waals surface area contributed by atoms with Gasteiger partial charge in [-0.25, -0.2) is 5.09 Å². The molecule has 0 unspecified atom stereocenters. The Kier molecular flexibility index (Phi) is 12.5. The van der Waals surface area contributed by atoms with Crippen LogP contribution in [0.15, 0.2) is 121 Å². The van der Waals surface area contributed by atoms with Crippen molar-refractivity contribution in [3.8, 4) is 0 Å². The Hall–Kier alpha value is -3.87. The largest absolute Gasteiger partial charge is 0.461 e. The SMILES string of the molecule is O=C(CC[C@H](NP(OCc1ccccc1)OCc1ccccc1)C(=O)OCc1ccccc1)OCc1ccccc1. The number of carbonyl (C=O) groups excluding carboxylic acids is 2. The number of rotatable bonds is 16. The zero-order chi connectivity index (χ0) is 28.5. The second kappa shape index (κ2) is 17.1. The fourth-order valence-corrected chi connectivity index (χ4v) is 5.04. The second-order valence-corrected chi connectivity index (χ2v) is 10.5. The van der Waals surface area contributed by atoms with Gasteiger partial charge in [0.15, 0.2) is 0 Å². The van der Waals surface area contributed by atoms with Gasteiger partial charge in [0.05, 0.1) is 13.2 Å². The van der Waals surface area contributed by atoms with Crippen molar-refractivity contribution < 1.29 is 28.1 Å². The molecule has 212 valence electrons. The van der Waals surface area contributed by atoms with Crippen molar-refractivity contribution in [3.63, 3.8) is 0 Å². The Morgan fingerprint density at radius 1 is 0.561 bits per heavy atom. The Morgan fingerprint density at radius 3 is 1.39 bits per heavy atom. The van der Waals surface area contributed by atoms with Crippen LogP contribution >= 0.6 is 8.53 Å². The third kappa shape index (κ3) is 11.3. The van der Waals surface area contributed by atoms with E-state index in [1.807, 2.05) is 121 Å². The summed E-state index contributed by atoms with van der Waals surface area (Å²) in [6.07, 6.45) is 0.176. The van der Waals surface area contributed by atoms with Crippen molar-refractivity contribution in [2.45, 2.75) is 45.3 Å². The minimum atomic E-state index is -1.72. The van der Waals surface area contributed by atoms with Gasteiger partial charge in [0.2, 0.25) is 0 Å². The molecule has 1 N–H and O–H groups in total. The van der Waals surface area contributed by atoms with Crippen molar-refractivity contribution >= 4 is 20.5 Å². The van der Waals surface area contributed by atoms with Gasteiger partial charge >= 0.3 is 11.9 Å². The molecule has 0 aliphatic carbocycles. The van der Waals surface area contributed by atoms with Gasteiger partial charge in [-0.3, -0.25) is 9.59 Å². The van der Waals surface area contributed by atoms with Gasteiger partial charge in [-0.05, 0) is 28.7 Å². The highest BCUT2D eigenvalue weighted by Crippen LogP contribution is 2.37. The van der Waals surface area contributed by atoms with Gasteiger partial charge < -0.3 is 18.5 Å². The van der Waals surface area contributed by atoms with E-state index in [0.717, 1.165) is 22.3 Å². The first kappa shape index (κ1) is 30.1. The van der Waals surface area contributed by atoms with Crippen LogP contribution in [0.25, 0.3) is 0 Å². The summed E-state index contributed by atoms with van der Waals surface area (Å²) >= 11 is 0. The number of ether oxygens (including phenoxy) is 2. The average Bonchev–Trinajstić information content (AvgIpc) is 3.03. The van der Waals surface area contributed by atoms with E-state index in [0.29, 0.717) is 13.2 Å². The lowest BCUT2D eigenvalue weighted by atomic mass is 10.1. The molecule has 0 aliphatic rings. The van der Waals surface area contributed by atoms with Crippen LogP contribution in [0.5, 0.6) is 0 Å². The van der Waals surface area contributed by atoms with E-state index in [1.165, 1.54) is 0 Å². The second-order valence-electron chi connectivity index (χ2n) is 9.24. The molecule has 7 nitrogen and oxygen atoms in total. The normalized spacial score (nSPS) is 11.6. The molecule has 0 aliphatic heterocycles. The third-order valence-electron chi connectivity index (χ3n) is 6.03. The van der Waals surface area contributed by atoms with E-state index >= 15 is 0 Å². The van der Waals surface area contributed by atoms with Gasteiger partial charge in [0, 0.05) is 6.42 Å². The topological polar surface area (TPSA) is 83.1 Å². The third-order valence-corrected chi connectivity index (χ3v) is 7.28. The quantitative estimate of drug-likeness (QED) is 0.116. The van der Waals surface area contributed by atoms with Crippen molar-refractivity contribution in [2.75, 3.05) is 0 Å². The van der Waals surface area contributed by atoms with Crippen LogP contribution in [0.4, 0.5) is 0 Å². The molecule has 0 saturated heterocycles. The molecule has 4 rings (SSSR count). The lowest BCUT2D eigenvalue weighted by Gasteiger charge is -2.24. The standard InChI is InChI=1S/C33H34NO6P/c35-32(37-23-27-13-5-1-6-14-27)22-21-31(33(36)38-24-28-15-7-2-8-16-28)34-41(39-25-29-17-9-3-10-18-29)40-26-30-19-11-4-12-20-30/h1-20,31,34H,21-26H2/t31-/m0/s1. The highest BCUT2D eigenvalue weighted by atomic mass is 31.2. The van der Waals surface area contributed by atoms with Crippen molar-refractivity contribution in [3.05, 3.63) is 144 Å².